The van der Waals surface area contributed by atoms with Crippen molar-refractivity contribution in [3.63, 3.8) is 0 Å². The first-order valence-corrected chi connectivity index (χ1v) is 5.15. The summed E-state index contributed by atoms with van der Waals surface area (Å²) in [5.74, 6) is -0.798. The molecule has 2 rings (SSSR count). The third-order valence-electron chi connectivity index (χ3n) is 2.83. The molecule has 0 saturated carbocycles. The summed E-state index contributed by atoms with van der Waals surface area (Å²) in [6, 6.07) is 9.27. The molecule has 0 fully saturated rings. The number of carbonyl (C=O) groups is 2. The summed E-state index contributed by atoms with van der Waals surface area (Å²) in [4.78, 5) is 23.5. The highest BCUT2D eigenvalue weighted by Gasteiger charge is 2.26. The molecule has 0 radical (unpaired) electrons. The maximum atomic E-state index is 11.8. The highest BCUT2D eigenvalue weighted by atomic mass is 16.2. The molecule has 0 aliphatic heterocycles. The largest absolute Gasteiger partial charge is 0.285 e. The van der Waals surface area contributed by atoms with Gasteiger partial charge in [-0.1, -0.05) is 30.3 Å². The van der Waals surface area contributed by atoms with Crippen LogP contribution in [-0.4, -0.2) is 11.6 Å². The Hall–Kier alpha value is -1.96. The van der Waals surface area contributed by atoms with Gasteiger partial charge >= 0.3 is 0 Å². The van der Waals surface area contributed by atoms with E-state index in [1.54, 1.807) is 13.0 Å². The number of hydrogen-bond acceptors (Lipinski definition) is 2. The molecule has 2 heteroatoms. The molecule has 80 valence electrons. The first-order valence-electron chi connectivity index (χ1n) is 5.15. The Morgan fingerprint density at radius 3 is 2.12 bits per heavy atom. The Balaban J connectivity index is 2.55. The van der Waals surface area contributed by atoms with Gasteiger partial charge in [0.2, 0.25) is 11.6 Å². The molecule has 1 aliphatic rings. The zero-order chi connectivity index (χ0) is 11.7. The van der Waals surface area contributed by atoms with E-state index in [4.69, 9.17) is 0 Å². The van der Waals surface area contributed by atoms with Gasteiger partial charge in [-0.3, -0.25) is 9.59 Å². The lowest BCUT2D eigenvalue weighted by Crippen LogP contribution is -2.20. The minimum atomic E-state index is -0.408. The minimum Gasteiger partial charge on any atom is -0.285 e. The van der Waals surface area contributed by atoms with Crippen molar-refractivity contribution in [3.8, 4) is 0 Å². The second kappa shape index (κ2) is 3.89. The van der Waals surface area contributed by atoms with E-state index in [1.807, 2.05) is 37.3 Å². The molecule has 0 spiro atoms. The lowest BCUT2D eigenvalue weighted by atomic mass is 9.88. The second-order valence-electron chi connectivity index (χ2n) is 3.89. The summed E-state index contributed by atoms with van der Waals surface area (Å²) in [6.45, 7) is 3.54. The number of Topliss-reactive ketones (excluding diaryl/α,β-unsaturated/α-hetero) is 2. The first-order chi connectivity index (χ1) is 7.61. The maximum absolute atomic E-state index is 11.8. The van der Waals surface area contributed by atoms with Gasteiger partial charge in [-0.25, -0.2) is 0 Å². The van der Waals surface area contributed by atoms with Crippen LogP contribution in [0.2, 0.25) is 0 Å². The molecule has 1 aliphatic carbocycles. The molecule has 0 atom stereocenters. The third kappa shape index (κ3) is 1.63. The van der Waals surface area contributed by atoms with Crippen LogP contribution >= 0.6 is 0 Å². The van der Waals surface area contributed by atoms with Gasteiger partial charge in [-0.2, -0.15) is 0 Å². The van der Waals surface area contributed by atoms with E-state index in [0.717, 1.165) is 11.1 Å². The summed E-state index contributed by atoms with van der Waals surface area (Å²) in [5, 5.41) is 0. The minimum absolute atomic E-state index is 0.390. The summed E-state index contributed by atoms with van der Waals surface area (Å²) in [7, 11) is 0. The molecule has 0 amide bonds. The van der Waals surface area contributed by atoms with Gasteiger partial charge in [-0.15, -0.1) is 0 Å². The highest BCUT2D eigenvalue weighted by molar-refractivity contribution is 6.59. The van der Waals surface area contributed by atoms with Crippen molar-refractivity contribution < 1.29 is 9.59 Å². The second-order valence-corrected chi connectivity index (χ2v) is 3.89. The zero-order valence-electron chi connectivity index (χ0n) is 9.28. The number of hydrogen-bond donors (Lipinski definition) is 0. The average molecular weight is 212 g/mol. The van der Waals surface area contributed by atoms with Crippen LogP contribution in [0.15, 0.2) is 47.6 Å². The Kier molecular flexibility index (Phi) is 2.57. The van der Waals surface area contributed by atoms with E-state index in [1.165, 1.54) is 0 Å². The van der Waals surface area contributed by atoms with Crippen molar-refractivity contribution in [2.75, 3.05) is 0 Å². The normalized spacial score (nSPS) is 16.5. The number of ketones is 2. The van der Waals surface area contributed by atoms with E-state index >= 15 is 0 Å². The molecule has 1 aromatic carbocycles. The fraction of sp³-hybridized carbons (Fsp3) is 0.143. The van der Waals surface area contributed by atoms with Crippen LogP contribution in [0.25, 0.3) is 5.57 Å². The van der Waals surface area contributed by atoms with Crippen LogP contribution in [-0.2, 0) is 9.59 Å². The van der Waals surface area contributed by atoms with Crippen molar-refractivity contribution in [1.82, 2.24) is 0 Å². The molecule has 2 nitrogen and oxygen atoms in total. The van der Waals surface area contributed by atoms with E-state index in [2.05, 4.69) is 0 Å². The van der Waals surface area contributed by atoms with E-state index < -0.39 is 5.78 Å². The summed E-state index contributed by atoms with van der Waals surface area (Å²) >= 11 is 0. The van der Waals surface area contributed by atoms with Crippen molar-refractivity contribution in [3.05, 3.63) is 53.1 Å². The molecule has 0 heterocycles. The molecular formula is C14H12O2. The molecule has 1 aromatic rings. The van der Waals surface area contributed by atoms with Crippen molar-refractivity contribution in [1.29, 1.82) is 0 Å². The zero-order valence-corrected chi connectivity index (χ0v) is 9.28. The summed E-state index contributed by atoms with van der Waals surface area (Å²) in [5.41, 5.74) is 2.70. The van der Waals surface area contributed by atoms with E-state index in [0.29, 0.717) is 11.1 Å². The fourth-order valence-corrected chi connectivity index (χ4v) is 1.69. The fourth-order valence-electron chi connectivity index (χ4n) is 1.69. The number of benzene rings is 1. The standard InChI is InChI=1S/C14H12O2/c1-9-8-12(11-6-4-3-5-7-11)14(16)13(15)10(9)2/h3-8H,1-2H3. The predicted octanol–water partition coefficient (Wildman–Crippen LogP) is 2.56. The van der Waals surface area contributed by atoms with E-state index in [9.17, 15) is 9.59 Å². The van der Waals surface area contributed by atoms with Gasteiger partial charge in [0, 0.05) is 11.1 Å². The lowest BCUT2D eigenvalue weighted by molar-refractivity contribution is -0.131. The monoisotopic (exact) mass is 212 g/mol. The van der Waals surface area contributed by atoms with Gasteiger partial charge in [0.25, 0.3) is 0 Å². The molecule has 0 N–H and O–H groups in total. The van der Waals surface area contributed by atoms with Gasteiger partial charge in [0.15, 0.2) is 0 Å². The van der Waals surface area contributed by atoms with Crippen molar-refractivity contribution in [2.45, 2.75) is 13.8 Å². The Morgan fingerprint density at radius 2 is 1.50 bits per heavy atom. The van der Waals surface area contributed by atoms with Gasteiger partial charge in [0.1, 0.15) is 0 Å². The van der Waals surface area contributed by atoms with Crippen LogP contribution in [0, 0.1) is 0 Å². The quantitative estimate of drug-likeness (QED) is 0.529. The van der Waals surface area contributed by atoms with Crippen LogP contribution in [0.1, 0.15) is 19.4 Å². The lowest BCUT2D eigenvalue weighted by Gasteiger charge is -2.13. The summed E-state index contributed by atoms with van der Waals surface area (Å²) < 4.78 is 0. The Morgan fingerprint density at radius 1 is 0.875 bits per heavy atom. The van der Waals surface area contributed by atoms with Crippen LogP contribution in [0.4, 0.5) is 0 Å². The number of rotatable bonds is 1. The number of allylic oxidation sites excluding steroid dienone is 4. The van der Waals surface area contributed by atoms with Crippen LogP contribution < -0.4 is 0 Å². The SMILES string of the molecule is CC1=C(C)C(=O)C(=O)C(c2ccccc2)=C1. The first kappa shape index (κ1) is 10.6. The smallest absolute Gasteiger partial charge is 0.233 e. The van der Waals surface area contributed by atoms with Gasteiger partial charge in [-0.05, 0) is 31.1 Å². The molecule has 0 bridgehead atoms. The van der Waals surface area contributed by atoms with Crippen molar-refractivity contribution >= 4 is 17.1 Å². The van der Waals surface area contributed by atoms with Gasteiger partial charge < -0.3 is 0 Å². The molecule has 0 unspecified atom stereocenters. The molecule has 16 heavy (non-hydrogen) atoms. The van der Waals surface area contributed by atoms with Crippen LogP contribution in [0.3, 0.4) is 0 Å². The van der Waals surface area contributed by atoms with Crippen LogP contribution in [0.5, 0.6) is 0 Å². The molecule has 0 aromatic heterocycles. The number of carbonyl (C=O) groups excluding carboxylic acids is 2. The Labute approximate surface area is 94.3 Å². The molecule has 0 saturated heterocycles. The predicted molar refractivity (Wildman–Crippen MR) is 62.8 cm³/mol. The Bertz CT molecular complexity index is 519. The molecular weight excluding hydrogens is 200 g/mol. The average Bonchev–Trinajstić information content (AvgIpc) is 2.32. The van der Waals surface area contributed by atoms with E-state index in [-0.39, 0.29) is 5.78 Å². The highest BCUT2D eigenvalue weighted by Crippen LogP contribution is 2.25. The topological polar surface area (TPSA) is 34.1 Å². The third-order valence-corrected chi connectivity index (χ3v) is 2.83. The van der Waals surface area contributed by atoms with Crippen molar-refractivity contribution in [2.24, 2.45) is 0 Å². The maximum Gasteiger partial charge on any atom is 0.233 e. The summed E-state index contributed by atoms with van der Waals surface area (Å²) in [6.07, 6.45) is 1.79. The van der Waals surface area contributed by atoms with Gasteiger partial charge in [0.05, 0.1) is 0 Å².